The lowest BCUT2D eigenvalue weighted by Crippen LogP contribution is -2.45. The second-order valence-corrected chi connectivity index (χ2v) is 4.12. The van der Waals surface area contributed by atoms with Crippen LogP contribution in [0.3, 0.4) is 0 Å². The predicted octanol–water partition coefficient (Wildman–Crippen LogP) is 2.50. The Balaban J connectivity index is 1.79. The summed E-state index contributed by atoms with van der Waals surface area (Å²) >= 11 is 0. The van der Waals surface area contributed by atoms with E-state index in [-0.39, 0.29) is 0 Å². The minimum atomic E-state index is 0.522. The van der Waals surface area contributed by atoms with Gasteiger partial charge in [0.25, 0.3) is 0 Å². The van der Waals surface area contributed by atoms with Gasteiger partial charge < -0.3 is 10.1 Å². The van der Waals surface area contributed by atoms with Gasteiger partial charge in [0.1, 0.15) is 0 Å². The van der Waals surface area contributed by atoms with Crippen LogP contribution in [0.5, 0.6) is 0 Å². The van der Waals surface area contributed by atoms with E-state index >= 15 is 0 Å². The summed E-state index contributed by atoms with van der Waals surface area (Å²) in [6.45, 7) is 4.88. The molecule has 0 spiro atoms. The van der Waals surface area contributed by atoms with Crippen molar-refractivity contribution in [3.63, 3.8) is 0 Å². The SMILES string of the molecule is C=CCCCCCNC1CC(OC)C1. The van der Waals surface area contributed by atoms with Crippen molar-refractivity contribution >= 4 is 0 Å². The Hall–Kier alpha value is -0.340. The van der Waals surface area contributed by atoms with Crippen LogP contribution in [-0.4, -0.2) is 25.8 Å². The van der Waals surface area contributed by atoms with E-state index in [0.717, 1.165) is 19.0 Å². The van der Waals surface area contributed by atoms with Crippen LogP contribution in [0.4, 0.5) is 0 Å². The molecule has 0 heterocycles. The van der Waals surface area contributed by atoms with E-state index in [1.165, 1.54) is 32.1 Å². The molecular formula is C12H23NO. The molecule has 0 aromatic carbocycles. The largest absolute Gasteiger partial charge is 0.381 e. The first kappa shape index (κ1) is 11.7. The molecule has 0 aromatic heterocycles. The molecule has 0 bridgehead atoms. The number of methoxy groups -OCH3 is 1. The van der Waals surface area contributed by atoms with Gasteiger partial charge in [0.15, 0.2) is 0 Å². The van der Waals surface area contributed by atoms with Crippen molar-refractivity contribution in [3.05, 3.63) is 12.7 Å². The van der Waals surface area contributed by atoms with Crippen LogP contribution >= 0.6 is 0 Å². The van der Waals surface area contributed by atoms with Crippen molar-refractivity contribution in [1.29, 1.82) is 0 Å². The highest BCUT2D eigenvalue weighted by Gasteiger charge is 2.27. The molecule has 0 aliphatic heterocycles. The summed E-state index contributed by atoms with van der Waals surface area (Å²) in [7, 11) is 1.80. The van der Waals surface area contributed by atoms with Crippen LogP contribution in [0.25, 0.3) is 0 Å². The van der Waals surface area contributed by atoms with Crippen LogP contribution in [0.1, 0.15) is 38.5 Å². The first-order valence-corrected chi connectivity index (χ1v) is 5.74. The maximum absolute atomic E-state index is 5.22. The van der Waals surface area contributed by atoms with Crippen LogP contribution in [-0.2, 0) is 4.74 Å². The summed E-state index contributed by atoms with van der Waals surface area (Å²) in [6.07, 6.45) is 9.98. The van der Waals surface area contributed by atoms with Gasteiger partial charge >= 0.3 is 0 Å². The Morgan fingerprint density at radius 1 is 1.36 bits per heavy atom. The number of hydrogen-bond acceptors (Lipinski definition) is 2. The molecule has 0 atom stereocenters. The molecule has 0 aromatic rings. The summed E-state index contributed by atoms with van der Waals surface area (Å²) in [5, 5.41) is 3.55. The Bertz CT molecular complexity index is 152. The molecule has 1 aliphatic rings. The van der Waals surface area contributed by atoms with E-state index in [1.807, 2.05) is 6.08 Å². The molecule has 82 valence electrons. The number of ether oxygens (including phenoxy) is 1. The van der Waals surface area contributed by atoms with Gasteiger partial charge in [-0.2, -0.15) is 0 Å². The maximum atomic E-state index is 5.22. The van der Waals surface area contributed by atoms with Crippen molar-refractivity contribution in [2.45, 2.75) is 50.7 Å². The Kier molecular flexibility index (Phi) is 5.88. The molecule has 1 N–H and O–H groups in total. The smallest absolute Gasteiger partial charge is 0.0601 e. The van der Waals surface area contributed by atoms with Gasteiger partial charge in [0.05, 0.1) is 6.10 Å². The highest BCUT2D eigenvalue weighted by molar-refractivity contribution is 4.85. The summed E-state index contributed by atoms with van der Waals surface area (Å²) in [6, 6.07) is 0.722. The van der Waals surface area contributed by atoms with Crippen molar-refractivity contribution in [3.8, 4) is 0 Å². The highest BCUT2D eigenvalue weighted by Crippen LogP contribution is 2.22. The van der Waals surface area contributed by atoms with Crippen LogP contribution in [0, 0.1) is 0 Å². The fraction of sp³-hybridized carbons (Fsp3) is 0.833. The Morgan fingerprint density at radius 3 is 2.79 bits per heavy atom. The topological polar surface area (TPSA) is 21.3 Å². The zero-order valence-corrected chi connectivity index (χ0v) is 9.30. The summed E-state index contributed by atoms with van der Waals surface area (Å²) in [5.74, 6) is 0. The lowest BCUT2D eigenvalue weighted by Gasteiger charge is -2.34. The molecule has 1 fully saturated rings. The predicted molar refractivity (Wildman–Crippen MR) is 60.5 cm³/mol. The summed E-state index contributed by atoms with van der Waals surface area (Å²) in [4.78, 5) is 0. The van der Waals surface area contributed by atoms with Gasteiger partial charge in [-0.15, -0.1) is 6.58 Å². The normalized spacial score (nSPS) is 25.8. The average molecular weight is 197 g/mol. The van der Waals surface area contributed by atoms with Gasteiger partial charge in [-0.3, -0.25) is 0 Å². The van der Waals surface area contributed by atoms with E-state index in [1.54, 1.807) is 7.11 Å². The van der Waals surface area contributed by atoms with E-state index in [0.29, 0.717) is 6.10 Å². The average Bonchev–Trinajstić information content (AvgIpc) is 2.14. The number of unbranched alkanes of at least 4 members (excludes halogenated alkanes) is 3. The van der Waals surface area contributed by atoms with Crippen LogP contribution in [0.15, 0.2) is 12.7 Å². The molecular weight excluding hydrogens is 174 g/mol. The van der Waals surface area contributed by atoms with Crippen molar-refractivity contribution in [2.75, 3.05) is 13.7 Å². The van der Waals surface area contributed by atoms with Crippen LogP contribution < -0.4 is 5.32 Å². The van der Waals surface area contributed by atoms with Gasteiger partial charge in [-0.1, -0.05) is 12.5 Å². The summed E-state index contributed by atoms with van der Waals surface area (Å²) < 4.78 is 5.22. The lowest BCUT2D eigenvalue weighted by atomic mass is 9.89. The Morgan fingerprint density at radius 2 is 2.14 bits per heavy atom. The van der Waals surface area contributed by atoms with Gasteiger partial charge in [0.2, 0.25) is 0 Å². The number of rotatable bonds is 8. The molecule has 2 nitrogen and oxygen atoms in total. The zero-order chi connectivity index (χ0) is 10.2. The first-order valence-electron chi connectivity index (χ1n) is 5.74. The van der Waals surface area contributed by atoms with Crippen LogP contribution in [0.2, 0.25) is 0 Å². The molecule has 2 heteroatoms. The molecule has 1 aliphatic carbocycles. The van der Waals surface area contributed by atoms with Crippen molar-refractivity contribution in [2.24, 2.45) is 0 Å². The van der Waals surface area contributed by atoms with Gasteiger partial charge in [0, 0.05) is 13.2 Å². The molecule has 1 rings (SSSR count). The molecule has 0 unspecified atom stereocenters. The molecule has 0 saturated heterocycles. The molecule has 1 saturated carbocycles. The lowest BCUT2D eigenvalue weighted by molar-refractivity contribution is 0.0175. The maximum Gasteiger partial charge on any atom is 0.0601 e. The number of hydrogen-bond donors (Lipinski definition) is 1. The van der Waals surface area contributed by atoms with Gasteiger partial charge in [-0.05, 0) is 38.6 Å². The quantitative estimate of drug-likeness (QED) is 0.477. The standard InChI is InChI=1S/C12H23NO/c1-3-4-5-6-7-8-13-11-9-12(10-11)14-2/h3,11-13H,1,4-10H2,2H3. The van der Waals surface area contributed by atoms with E-state index in [9.17, 15) is 0 Å². The zero-order valence-electron chi connectivity index (χ0n) is 9.30. The molecule has 0 amide bonds. The summed E-state index contributed by atoms with van der Waals surface area (Å²) in [5.41, 5.74) is 0. The second-order valence-electron chi connectivity index (χ2n) is 4.12. The third-order valence-electron chi connectivity index (χ3n) is 2.95. The van der Waals surface area contributed by atoms with Crippen molar-refractivity contribution in [1.82, 2.24) is 5.32 Å². The third kappa shape index (κ3) is 4.25. The minimum Gasteiger partial charge on any atom is -0.381 e. The fourth-order valence-electron chi connectivity index (χ4n) is 1.82. The third-order valence-corrected chi connectivity index (χ3v) is 2.95. The molecule has 0 radical (unpaired) electrons. The highest BCUT2D eigenvalue weighted by atomic mass is 16.5. The van der Waals surface area contributed by atoms with E-state index < -0.39 is 0 Å². The fourth-order valence-corrected chi connectivity index (χ4v) is 1.82. The monoisotopic (exact) mass is 197 g/mol. The Labute approximate surface area is 87.7 Å². The van der Waals surface area contributed by atoms with E-state index in [4.69, 9.17) is 4.74 Å². The molecule has 14 heavy (non-hydrogen) atoms. The second kappa shape index (κ2) is 7.02. The van der Waals surface area contributed by atoms with E-state index in [2.05, 4.69) is 11.9 Å². The number of allylic oxidation sites excluding steroid dienone is 1. The number of nitrogens with one attached hydrogen (secondary N) is 1. The minimum absolute atomic E-state index is 0.522. The van der Waals surface area contributed by atoms with Gasteiger partial charge in [-0.25, -0.2) is 0 Å². The van der Waals surface area contributed by atoms with Crippen molar-refractivity contribution < 1.29 is 4.74 Å². The first-order chi connectivity index (χ1) is 6.86.